The van der Waals surface area contributed by atoms with Crippen molar-refractivity contribution in [1.82, 2.24) is 4.31 Å². The Bertz CT molecular complexity index is 973. The van der Waals surface area contributed by atoms with Crippen LogP contribution in [0.2, 0.25) is 5.02 Å². The van der Waals surface area contributed by atoms with Crippen LogP contribution in [-0.2, 0) is 26.1 Å². The van der Waals surface area contributed by atoms with E-state index in [1.54, 1.807) is 12.1 Å². The zero-order valence-corrected chi connectivity index (χ0v) is 17.5. The summed E-state index contributed by atoms with van der Waals surface area (Å²) >= 11 is 6.14. The number of nitrogens with zero attached hydrogens (tertiary/aromatic N) is 1. The molecule has 1 fully saturated rings. The van der Waals surface area contributed by atoms with Crippen LogP contribution in [0.4, 0.5) is 0 Å². The van der Waals surface area contributed by atoms with Crippen LogP contribution in [0.25, 0.3) is 0 Å². The van der Waals surface area contributed by atoms with Gasteiger partial charge in [0.25, 0.3) is 0 Å². The first-order valence-electron chi connectivity index (χ1n) is 9.18. The minimum Gasteiger partial charge on any atom is -0.493 e. The first-order chi connectivity index (χ1) is 13.9. The zero-order valence-electron chi connectivity index (χ0n) is 16.0. The number of sulfonamides is 1. The second kappa shape index (κ2) is 9.58. The molecule has 0 amide bonds. The van der Waals surface area contributed by atoms with E-state index in [9.17, 15) is 13.2 Å². The summed E-state index contributed by atoms with van der Waals surface area (Å²) in [5, 5.41) is 0.119. The molecule has 29 heavy (non-hydrogen) atoms. The van der Waals surface area contributed by atoms with E-state index in [0.717, 1.165) is 0 Å². The van der Waals surface area contributed by atoms with Gasteiger partial charge in [-0.05, 0) is 31.2 Å². The number of morpholine rings is 1. The summed E-state index contributed by atoms with van der Waals surface area (Å²) in [6, 6.07) is 11.2. The molecule has 0 bridgehead atoms. The number of esters is 1. The maximum Gasteiger partial charge on any atom is 0.340 e. The predicted octanol–water partition coefficient (Wildman–Crippen LogP) is 3.12. The van der Waals surface area contributed by atoms with Crippen molar-refractivity contribution in [2.24, 2.45) is 0 Å². The summed E-state index contributed by atoms with van der Waals surface area (Å²) in [5.74, 6) is -0.0853. The Kier molecular flexibility index (Phi) is 7.13. The number of ether oxygens (including phenoxy) is 3. The van der Waals surface area contributed by atoms with Gasteiger partial charge < -0.3 is 14.2 Å². The molecule has 2 aromatic rings. The van der Waals surface area contributed by atoms with Crippen LogP contribution in [0, 0.1) is 0 Å². The minimum atomic E-state index is -3.75. The van der Waals surface area contributed by atoms with Crippen LogP contribution >= 0.6 is 11.6 Å². The molecule has 3 rings (SSSR count). The fraction of sp³-hybridized carbons (Fsp3) is 0.350. The second-order valence-corrected chi connectivity index (χ2v) is 8.62. The third-order valence-corrected chi connectivity index (χ3v) is 6.62. The summed E-state index contributed by atoms with van der Waals surface area (Å²) in [5.41, 5.74) is 0.700. The monoisotopic (exact) mass is 439 g/mol. The molecule has 0 saturated carbocycles. The van der Waals surface area contributed by atoms with Crippen LogP contribution in [-0.4, -0.2) is 51.6 Å². The molecule has 0 atom stereocenters. The van der Waals surface area contributed by atoms with Gasteiger partial charge in [0.2, 0.25) is 10.0 Å². The van der Waals surface area contributed by atoms with Crippen molar-refractivity contribution in [2.75, 3.05) is 32.9 Å². The Morgan fingerprint density at radius 1 is 1.17 bits per heavy atom. The van der Waals surface area contributed by atoms with Crippen LogP contribution in [0.5, 0.6) is 5.75 Å². The zero-order chi connectivity index (χ0) is 20.9. The summed E-state index contributed by atoms with van der Waals surface area (Å²) < 4.78 is 43.1. The molecule has 1 saturated heterocycles. The predicted molar refractivity (Wildman–Crippen MR) is 108 cm³/mol. The van der Waals surface area contributed by atoms with Gasteiger partial charge in [-0.15, -0.1) is 0 Å². The summed E-state index contributed by atoms with van der Waals surface area (Å²) in [6.07, 6.45) is 0. The standard InChI is InChI=1S/C20H22ClNO6S/c1-2-27-19-6-4-3-5-15(19)14-28-20(23)17-13-16(7-8-18(17)21)29(24,25)22-9-11-26-12-10-22/h3-8,13H,2,9-12,14H2,1H3. The third-order valence-electron chi connectivity index (χ3n) is 4.40. The van der Waals surface area contributed by atoms with Crippen molar-refractivity contribution < 1.29 is 27.4 Å². The van der Waals surface area contributed by atoms with Crippen molar-refractivity contribution in [3.8, 4) is 5.75 Å². The van der Waals surface area contributed by atoms with Gasteiger partial charge >= 0.3 is 5.97 Å². The van der Waals surface area contributed by atoms with Crippen molar-refractivity contribution in [2.45, 2.75) is 18.4 Å². The molecule has 156 valence electrons. The molecule has 0 unspecified atom stereocenters. The van der Waals surface area contributed by atoms with Gasteiger partial charge in [0, 0.05) is 18.7 Å². The highest BCUT2D eigenvalue weighted by molar-refractivity contribution is 7.89. The molecule has 0 aromatic heterocycles. The normalized spacial score (nSPS) is 15.1. The number of carbonyl (C=O) groups excluding carboxylic acids is 1. The molecule has 1 heterocycles. The van der Waals surface area contributed by atoms with E-state index >= 15 is 0 Å². The molecule has 0 aliphatic carbocycles. The van der Waals surface area contributed by atoms with Crippen molar-refractivity contribution >= 4 is 27.6 Å². The molecule has 1 aliphatic rings. The molecule has 0 spiro atoms. The van der Waals surface area contributed by atoms with Crippen LogP contribution in [0.1, 0.15) is 22.8 Å². The van der Waals surface area contributed by atoms with Gasteiger partial charge in [-0.1, -0.05) is 29.8 Å². The van der Waals surface area contributed by atoms with E-state index in [0.29, 0.717) is 31.1 Å². The fourth-order valence-electron chi connectivity index (χ4n) is 2.90. The lowest BCUT2D eigenvalue weighted by molar-refractivity contribution is 0.0469. The molecule has 9 heteroatoms. The Morgan fingerprint density at radius 2 is 1.90 bits per heavy atom. The average Bonchev–Trinajstić information content (AvgIpc) is 2.74. The van der Waals surface area contributed by atoms with Gasteiger partial charge in [0.05, 0.1) is 35.3 Å². The lowest BCUT2D eigenvalue weighted by atomic mass is 10.2. The maximum atomic E-state index is 12.8. The van der Waals surface area contributed by atoms with Crippen LogP contribution < -0.4 is 4.74 Å². The second-order valence-electron chi connectivity index (χ2n) is 6.27. The molecule has 2 aromatic carbocycles. The quantitative estimate of drug-likeness (QED) is 0.616. The van der Waals surface area contributed by atoms with E-state index in [4.69, 9.17) is 25.8 Å². The summed E-state index contributed by atoms with van der Waals surface area (Å²) in [4.78, 5) is 12.6. The summed E-state index contributed by atoms with van der Waals surface area (Å²) in [6.45, 7) is 3.52. The topological polar surface area (TPSA) is 82.1 Å². The van der Waals surface area contributed by atoms with Crippen LogP contribution in [0.15, 0.2) is 47.4 Å². The summed E-state index contributed by atoms with van der Waals surface area (Å²) in [7, 11) is -3.75. The lowest BCUT2D eigenvalue weighted by Crippen LogP contribution is -2.40. The van der Waals surface area contributed by atoms with E-state index in [1.807, 2.05) is 19.1 Å². The van der Waals surface area contributed by atoms with Gasteiger partial charge in [-0.25, -0.2) is 13.2 Å². The molecular weight excluding hydrogens is 418 g/mol. The third kappa shape index (κ3) is 5.08. The smallest absolute Gasteiger partial charge is 0.340 e. The Morgan fingerprint density at radius 3 is 2.62 bits per heavy atom. The lowest BCUT2D eigenvalue weighted by Gasteiger charge is -2.26. The van der Waals surface area contributed by atoms with Crippen LogP contribution in [0.3, 0.4) is 0 Å². The SMILES string of the molecule is CCOc1ccccc1COC(=O)c1cc(S(=O)(=O)N2CCOCC2)ccc1Cl. The van der Waals surface area contributed by atoms with Gasteiger partial charge in [-0.3, -0.25) is 0 Å². The molecule has 1 aliphatic heterocycles. The number of halogens is 1. The molecule has 0 N–H and O–H groups in total. The molecular formula is C20H22ClNO6S. The number of carbonyl (C=O) groups is 1. The highest BCUT2D eigenvalue weighted by Gasteiger charge is 2.28. The number of hydrogen-bond donors (Lipinski definition) is 0. The highest BCUT2D eigenvalue weighted by Crippen LogP contribution is 2.25. The average molecular weight is 440 g/mol. The number of para-hydroxylation sites is 1. The Hall–Kier alpha value is -2.13. The van der Waals surface area contributed by atoms with E-state index in [-0.39, 0.29) is 35.2 Å². The Balaban J connectivity index is 1.78. The Labute approximate surface area is 175 Å². The van der Waals surface area contributed by atoms with Crippen molar-refractivity contribution in [1.29, 1.82) is 0 Å². The molecule has 7 nitrogen and oxygen atoms in total. The van der Waals surface area contributed by atoms with Gasteiger partial charge in [0.1, 0.15) is 12.4 Å². The number of hydrogen-bond acceptors (Lipinski definition) is 6. The first-order valence-corrected chi connectivity index (χ1v) is 11.0. The maximum absolute atomic E-state index is 12.8. The van der Waals surface area contributed by atoms with E-state index < -0.39 is 16.0 Å². The van der Waals surface area contributed by atoms with Gasteiger partial charge in [-0.2, -0.15) is 4.31 Å². The van der Waals surface area contributed by atoms with Crippen molar-refractivity contribution in [3.63, 3.8) is 0 Å². The van der Waals surface area contributed by atoms with Crippen molar-refractivity contribution in [3.05, 3.63) is 58.6 Å². The largest absolute Gasteiger partial charge is 0.493 e. The van der Waals surface area contributed by atoms with E-state index in [2.05, 4.69) is 0 Å². The number of benzene rings is 2. The first kappa shape index (κ1) is 21.6. The van der Waals surface area contributed by atoms with E-state index in [1.165, 1.54) is 22.5 Å². The molecule has 0 radical (unpaired) electrons. The minimum absolute atomic E-state index is 0.00473. The number of rotatable bonds is 7. The highest BCUT2D eigenvalue weighted by atomic mass is 35.5. The van der Waals surface area contributed by atoms with Gasteiger partial charge in [0.15, 0.2) is 0 Å². The fourth-order valence-corrected chi connectivity index (χ4v) is 4.53.